The summed E-state index contributed by atoms with van der Waals surface area (Å²) >= 11 is 0. The molecule has 0 saturated carbocycles. The molecule has 0 aliphatic carbocycles. The molecule has 1 aromatic carbocycles. The second-order valence-corrected chi connectivity index (χ2v) is 6.52. The molecule has 5 nitrogen and oxygen atoms in total. The lowest BCUT2D eigenvalue weighted by molar-refractivity contribution is -0.0919. The number of nitrogens with zero attached hydrogens (tertiary/aromatic N) is 1. The molecule has 2 unspecified atom stereocenters. The molecule has 0 radical (unpaired) electrons. The van der Waals surface area contributed by atoms with E-state index in [9.17, 15) is 14.7 Å². The molecule has 0 spiro atoms. The van der Waals surface area contributed by atoms with Crippen LogP contribution in [0.3, 0.4) is 0 Å². The van der Waals surface area contributed by atoms with Crippen LogP contribution in [-0.4, -0.2) is 27.2 Å². The highest BCUT2D eigenvalue weighted by Gasteiger charge is 2.48. The summed E-state index contributed by atoms with van der Waals surface area (Å²) in [6.45, 7) is 5.42. The van der Waals surface area contributed by atoms with Crippen LogP contribution < -0.4 is 10.3 Å². The van der Waals surface area contributed by atoms with Crippen molar-refractivity contribution in [2.45, 2.75) is 51.4 Å². The molecule has 25 heavy (non-hydrogen) atoms. The van der Waals surface area contributed by atoms with Gasteiger partial charge < -0.3 is 14.4 Å². The van der Waals surface area contributed by atoms with Crippen LogP contribution in [0.25, 0.3) is 0 Å². The van der Waals surface area contributed by atoms with E-state index in [1.165, 1.54) is 17.6 Å². The molecule has 5 heteroatoms. The van der Waals surface area contributed by atoms with Gasteiger partial charge in [0.15, 0.2) is 5.78 Å². The van der Waals surface area contributed by atoms with Gasteiger partial charge in [0.2, 0.25) is 0 Å². The molecule has 1 aromatic heterocycles. The molecule has 1 aliphatic heterocycles. The number of aromatic nitrogens is 1. The second kappa shape index (κ2) is 6.48. The fraction of sp³-hybridized carbons (Fsp3) is 0.400. The van der Waals surface area contributed by atoms with E-state index >= 15 is 0 Å². The largest absolute Gasteiger partial charge is 0.484 e. The zero-order valence-corrected chi connectivity index (χ0v) is 14.7. The Bertz CT molecular complexity index is 851. The van der Waals surface area contributed by atoms with E-state index in [4.69, 9.17) is 4.74 Å². The van der Waals surface area contributed by atoms with Gasteiger partial charge in [-0.1, -0.05) is 19.9 Å². The van der Waals surface area contributed by atoms with Crippen molar-refractivity contribution in [2.75, 3.05) is 0 Å². The number of ketones is 1. The minimum Gasteiger partial charge on any atom is -0.484 e. The maximum Gasteiger partial charge on any atom is 0.251 e. The average Bonchev–Trinajstić information content (AvgIpc) is 2.62. The van der Waals surface area contributed by atoms with Gasteiger partial charge in [0.1, 0.15) is 17.5 Å². The van der Waals surface area contributed by atoms with Crippen LogP contribution in [0.15, 0.2) is 47.4 Å². The molecule has 0 bridgehead atoms. The van der Waals surface area contributed by atoms with Crippen molar-refractivity contribution in [3.05, 3.63) is 64.1 Å². The number of carbonyl (C=O) groups excluding carboxylic acids is 1. The van der Waals surface area contributed by atoms with Gasteiger partial charge in [-0.3, -0.25) is 9.59 Å². The molecule has 2 heterocycles. The van der Waals surface area contributed by atoms with Crippen LogP contribution in [0.2, 0.25) is 0 Å². The predicted molar refractivity (Wildman–Crippen MR) is 95.2 cm³/mol. The lowest BCUT2D eigenvalue weighted by Crippen LogP contribution is -2.55. The summed E-state index contributed by atoms with van der Waals surface area (Å²) < 4.78 is 7.70. The molecule has 0 fully saturated rings. The monoisotopic (exact) mass is 341 g/mol. The Balaban J connectivity index is 2.27. The third-order valence-electron chi connectivity index (χ3n) is 5.23. The van der Waals surface area contributed by atoms with Crippen LogP contribution in [0.4, 0.5) is 0 Å². The van der Waals surface area contributed by atoms with Crippen LogP contribution >= 0.6 is 0 Å². The van der Waals surface area contributed by atoms with Crippen molar-refractivity contribution < 1.29 is 14.6 Å². The topological polar surface area (TPSA) is 68.5 Å². The summed E-state index contributed by atoms with van der Waals surface area (Å²) in [5.41, 5.74) is 0.216. The number of fused-ring (bicyclic) bond motifs is 1. The van der Waals surface area contributed by atoms with E-state index in [1.807, 2.05) is 13.8 Å². The highest BCUT2D eigenvalue weighted by molar-refractivity contribution is 5.94. The number of hydrogen-bond donors (Lipinski definition) is 1. The lowest BCUT2D eigenvalue weighted by atomic mass is 9.80. The van der Waals surface area contributed by atoms with Gasteiger partial charge in [-0.15, -0.1) is 0 Å². The minimum atomic E-state index is -0.905. The smallest absolute Gasteiger partial charge is 0.251 e. The number of pyridine rings is 1. The first-order chi connectivity index (χ1) is 11.9. The fourth-order valence-electron chi connectivity index (χ4n) is 3.61. The molecule has 0 saturated heterocycles. The van der Waals surface area contributed by atoms with Gasteiger partial charge in [-0.25, -0.2) is 0 Å². The number of ether oxygens (including phenoxy) is 1. The Morgan fingerprint density at radius 2 is 1.96 bits per heavy atom. The van der Waals surface area contributed by atoms with E-state index in [0.29, 0.717) is 29.7 Å². The van der Waals surface area contributed by atoms with Gasteiger partial charge in [0.05, 0.1) is 6.04 Å². The molecular weight excluding hydrogens is 318 g/mol. The highest BCUT2D eigenvalue weighted by atomic mass is 16.5. The normalized spacial score (nSPS) is 21.3. The molecule has 132 valence electrons. The van der Waals surface area contributed by atoms with Crippen LogP contribution in [0.5, 0.6) is 5.75 Å². The molecule has 2 aromatic rings. The van der Waals surface area contributed by atoms with Crippen molar-refractivity contribution in [1.82, 2.24) is 4.57 Å². The third-order valence-corrected chi connectivity index (χ3v) is 5.23. The van der Waals surface area contributed by atoms with E-state index in [-0.39, 0.29) is 11.3 Å². The first-order valence-corrected chi connectivity index (χ1v) is 8.62. The number of Topliss-reactive ketones (excluding diaryl/α,β-unsaturated/α-hetero) is 1. The maximum atomic E-state index is 12.4. The van der Waals surface area contributed by atoms with Gasteiger partial charge >= 0.3 is 0 Å². The first kappa shape index (κ1) is 17.4. The van der Waals surface area contributed by atoms with Gasteiger partial charge in [0, 0.05) is 23.4 Å². The Morgan fingerprint density at radius 3 is 2.56 bits per heavy atom. The second-order valence-electron chi connectivity index (χ2n) is 6.52. The lowest BCUT2D eigenvalue weighted by Gasteiger charge is -2.46. The predicted octanol–water partition coefficient (Wildman–Crippen LogP) is 2.95. The SMILES string of the molecule is CCC1(CC)Oc2ccc(C(C)=O)cc2C(n2ccccc2=O)C1O. The van der Waals surface area contributed by atoms with E-state index < -0.39 is 17.7 Å². The minimum absolute atomic E-state index is 0.0701. The summed E-state index contributed by atoms with van der Waals surface area (Å²) in [7, 11) is 0. The van der Waals surface area contributed by atoms with E-state index in [1.54, 1.807) is 36.5 Å². The zero-order chi connectivity index (χ0) is 18.2. The average molecular weight is 341 g/mol. The van der Waals surface area contributed by atoms with Crippen molar-refractivity contribution in [3.8, 4) is 5.75 Å². The quantitative estimate of drug-likeness (QED) is 0.868. The van der Waals surface area contributed by atoms with E-state index in [2.05, 4.69) is 0 Å². The summed E-state index contributed by atoms with van der Waals surface area (Å²) in [4.78, 5) is 24.2. The van der Waals surface area contributed by atoms with E-state index in [0.717, 1.165) is 0 Å². The molecule has 0 amide bonds. The number of carbonyl (C=O) groups is 1. The Morgan fingerprint density at radius 1 is 1.24 bits per heavy atom. The molecule has 1 aliphatic rings. The summed E-state index contributed by atoms with van der Waals surface area (Å²) in [5.74, 6) is 0.541. The van der Waals surface area contributed by atoms with Gasteiger partial charge in [0.25, 0.3) is 5.56 Å². The Kier molecular flexibility index (Phi) is 4.52. The Labute approximate surface area is 146 Å². The van der Waals surface area contributed by atoms with Crippen molar-refractivity contribution in [2.24, 2.45) is 0 Å². The van der Waals surface area contributed by atoms with Crippen LogP contribution in [0, 0.1) is 0 Å². The van der Waals surface area contributed by atoms with Gasteiger partial charge in [-0.05, 0) is 44.0 Å². The number of rotatable bonds is 4. The summed E-state index contributed by atoms with van der Waals surface area (Å²) in [5, 5.41) is 11.2. The molecule has 1 N–H and O–H groups in total. The number of hydrogen-bond acceptors (Lipinski definition) is 4. The number of aliphatic hydroxyl groups is 1. The summed E-state index contributed by atoms with van der Waals surface area (Å²) in [6.07, 6.45) is 1.98. The number of aliphatic hydroxyl groups excluding tert-OH is 1. The summed E-state index contributed by atoms with van der Waals surface area (Å²) in [6, 6.07) is 9.51. The van der Waals surface area contributed by atoms with Crippen molar-refractivity contribution in [1.29, 1.82) is 0 Å². The highest BCUT2D eigenvalue weighted by Crippen LogP contribution is 2.44. The van der Waals surface area contributed by atoms with Crippen LogP contribution in [0.1, 0.15) is 55.6 Å². The van der Waals surface area contributed by atoms with Crippen molar-refractivity contribution in [3.63, 3.8) is 0 Å². The third kappa shape index (κ3) is 2.78. The maximum absolute atomic E-state index is 12.4. The Hall–Kier alpha value is -2.40. The van der Waals surface area contributed by atoms with Crippen LogP contribution in [-0.2, 0) is 0 Å². The molecule has 3 rings (SSSR count). The zero-order valence-electron chi connectivity index (χ0n) is 14.7. The standard InChI is InChI=1S/C20H23NO4/c1-4-20(5-2)19(24)18(21-11-7-6-8-17(21)23)15-12-14(13(3)22)9-10-16(15)25-20/h6-12,18-19,24H,4-5H2,1-3H3. The fourth-order valence-corrected chi connectivity index (χ4v) is 3.61. The number of benzene rings is 1. The first-order valence-electron chi connectivity index (χ1n) is 8.62. The molecule has 2 atom stereocenters. The molecular formula is C20H23NO4. The van der Waals surface area contributed by atoms with Gasteiger partial charge in [-0.2, -0.15) is 0 Å². The van der Waals surface area contributed by atoms with Crippen molar-refractivity contribution >= 4 is 5.78 Å².